The van der Waals surface area contributed by atoms with Crippen LogP contribution in [0.2, 0.25) is 0 Å². The smallest absolute Gasteiger partial charge is 0.333 e. The van der Waals surface area contributed by atoms with Crippen molar-refractivity contribution in [1.82, 2.24) is 0 Å². The number of halogens is 1. The molecule has 0 aromatic carbocycles. The number of nitrogens with one attached hydrogen (secondary N) is 1. The van der Waals surface area contributed by atoms with Gasteiger partial charge in [0, 0.05) is 11.1 Å². The van der Waals surface area contributed by atoms with E-state index < -0.39 is 5.97 Å². The standard InChI is InChI=1S/2C6H10O2.C5H8O2.C3H9N.ClH/c2*1-4-8-6(7)5(2)3;1-3-4(2)5(6)7;1-4(2)3;/h2*2,4H2,1,3H3;3H,1-2H3,(H,6,7);1-3H3;1H/p-1. The third-order valence-electron chi connectivity index (χ3n) is 2.00. The lowest BCUT2D eigenvalue weighted by molar-refractivity contribution is -0.836. The molecule has 0 unspecified atom stereocenters. The molecule has 0 aliphatic carbocycles. The van der Waals surface area contributed by atoms with E-state index in [1.54, 1.807) is 34.6 Å². The van der Waals surface area contributed by atoms with Gasteiger partial charge in [-0.05, 0) is 47.1 Å². The summed E-state index contributed by atoms with van der Waals surface area (Å²) < 4.78 is 9.13. The zero-order valence-corrected chi connectivity index (χ0v) is 19.5. The van der Waals surface area contributed by atoms with Gasteiger partial charge in [-0.15, -0.1) is 0 Å². The van der Waals surface area contributed by atoms with Crippen LogP contribution in [0.5, 0.6) is 0 Å². The zero-order chi connectivity index (χ0) is 22.6. The van der Waals surface area contributed by atoms with E-state index in [0.29, 0.717) is 24.4 Å². The van der Waals surface area contributed by atoms with E-state index in [4.69, 9.17) is 0 Å². The summed E-state index contributed by atoms with van der Waals surface area (Å²) in [7, 11) is 6.25. The predicted molar refractivity (Wildman–Crippen MR) is 106 cm³/mol. The van der Waals surface area contributed by atoms with Gasteiger partial charge in [-0.2, -0.15) is 0 Å². The van der Waals surface area contributed by atoms with Crippen LogP contribution in [0.4, 0.5) is 0 Å². The molecule has 1 N–H and O–H groups in total. The number of carboxylic acid groups (broad SMARTS) is 1. The van der Waals surface area contributed by atoms with Gasteiger partial charge in [0.05, 0.1) is 40.3 Å². The Labute approximate surface area is 176 Å². The van der Waals surface area contributed by atoms with E-state index in [2.05, 4.69) is 43.8 Å². The van der Waals surface area contributed by atoms with Crippen molar-refractivity contribution < 1.29 is 46.3 Å². The van der Waals surface area contributed by atoms with Gasteiger partial charge in [0.1, 0.15) is 0 Å². The first-order chi connectivity index (χ1) is 12.3. The van der Waals surface area contributed by atoms with E-state index in [-0.39, 0.29) is 29.9 Å². The summed E-state index contributed by atoms with van der Waals surface area (Å²) in [6.07, 6.45) is 1.50. The molecule has 0 aromatic rings. The number of allylic oxidation sites excluding steroid dienone is 1. The number of hydrogen-bond donors (Lipinski definition) is 1. The van der Waals surface area contributed by atoms with E-state index in [0.717, 1.165) is 0 Å². The highest BCUT2D eigenvalue weighted by Crippen LogP contribution is 1.90. The molecule has 8 heteroatoms. The molecule has 0 atom stereocenters. The number of carbonyl (C=O) groups is 3. The molecule has 0 saturated heterocycles. The monoisotopic (exact) mass is 422 g/mol. The van der Waals surface area contributed by atoms with Crippen LogP contribution in [0.25, 0.3) is 0 Å². The van der Waals surface area contributed by atoms with Crippen molar-refractivity contribution in [3.8, 4) is 0 Å². The second-order valence-corrected chi connectivity index (χ2v) is 5.76. The molecule has 0 amide bonds. The maximum absolute atomic E-state index is 10.4. The molecule has 0 rings (SSSR count). The normalized spacial score (nSPS) is 8.86. The molecule has 28 heavy (non-hydrogen) atoms. The SMILES string of the molecule is C=C(C)C(=O)OCC.C=C(C)C(=O)OCC.CC=C(C)C(=O)[O-].C[NH+](C)C.[Cl-]. The second kappa shape index (κ2) is 24.9. The third kappa shape index (κ3) is 39.1. The van der Waals surface area contributed by atoms with Gasteiger partial charge in [-0.1, -0.05) is 19.2 Å². The van der Waals surface area contributed by atoms with Crippen molar-refractivity contribution in [1.29, 1.82) is 0 Å². The topological polar surface area (TPSA) is 97.2 Å². The van der Waals surface area contributed by atoms with Gasteiger partial charge in [0.25, 0.3) is 0 Å². The van der Waals surface area contributed by atoms with Crippen molar-refractivity contribution in [3.05, 3.63) is 36.0 Å². The fraction of sp³-hybridized carbons (Fsp3) is 0.550. The first-order valence-electron chi connectivity index (χ1n) is 8.54. The zero-order valence-electron chi connectivity index (χ0n) is 18.7. The lowest BCUT2D eigenvalue weighted by Gasteiger charge is -1.96. The van der Waals surface area contributed by atoms with Crippen LogP contribution in [0.1, 0.15) is 41.5 Å². The fourth-order valence-electron chi connectivity index (χ4n) is 0.626. The van der Waals surface area contributed by atoms with Gasteiger partial charge in [-0.3, -0.25) is 0 Å². The number of rotatable bonds is 5. The van der Waals surface area contributed by atoms with Crippen LogP contribution in [-0.4, -0.2) is 52.3 Å². The van der Waals surface area contributed by atoms with E-state index in [9.17, 15) is 19.5 Å². The van der Waals surface area contributed by atoms with Gasteiger partial charge in [-0.25, -0.2) is 9.59 Å². The number of quaternary nitrogens is 1. The highest BCUT2D eigenvalue weighted by molar-refractivity contribution is 5.87. The number of aliphatic carboxylic acids is 1. The molecule has 0 spiro atoms. The van der Waals surface area contributed by atoms with Crippen molar-refractivity contribution >= 4 is 17.9 Å². The number of carbonyl (C=O) groups excluding carboxylic acids is 3. The van der Waals surface area contributed by atoms with Crippen LogP contribution in [-0.2, 0) is 23.9 Å². The van der Waals surface area contributed by atoms with Crippen LogP contribution < -0.4 is 22.4 Å². The minimum absolute atomic E-state index is 0. The van der Waals surface area contributed by atoms with Crippen molar-refractivity contribution in [2.45, 2.75) is 41.5 Å². The average Bonchev–Trinajstić information content (AvgIpc) is 2.54. The number of esters is 2. The number of ether oxygens (including phenoxy) is 2. The Bertz CT molecular complexity index is 468. The predicted octanol–water partition coefficient (Wildman–Crippen LogP) is -2.28. The maximum atomic E-state index is 10.4. The Kier molecular flexibility index (Phi) is 32.7. The van der Waals surface area contributed by atoms with Crippen LogP contribution in [0, 0.1) is 0 Å². The van der Waals surface area contributed by atoms with E-state index >= 15 is 0 Å². The summed E-state index contributed by atoms with van der Waals surface area (Å²) in [6.45, 7) is 17.6. The fourth-order valence-corrected chi connectivity index (χ4v) is 0.626. The molecular formula is C20H37ClNO6-. The first-order valence-corrected chi connectivity index (χ1v) is 8.54. The van der Waals surface area contributed by atoms with Gasteiger partial charge >= 0.3 is 11.9 Å². The molecule has 166 valence electrons. The summed E-state index contributed by atoms with van der Waals surface area (Å²) in [5.41, 5.74) is 1.18. The van der Waals surface area contributed by atoms with Gasteiger partial charge < -0.3 is 36.7 Å². The quantitative estimate of drug-likeness (QED) is 0.396. The summed E-state index contributed by atoms with van der Waals surface area (Å²) in [6, 6.07) is 0. The molecule has 0 aliphatic rings. The Morgan fingerprint density at radius 3 is 1.18 bits per heavy atom. The van der Waals surface area contributed by atoms with Gasteiger partial charge in [0.15, 0.2) is 0 Å². The summed E-state index contributed by atoms with van der Waals surface area (Å²) in [5, 5.41) is 9.75. The van der Waals surface area contributed by atoms with Crippen molar-refractivity contribution in [2.24, 2.45) is 0 Å². The van der Waals surface area contributed by atoms with Gasteiger partial charge in [0.2, 0.25) is 0 Å². The van der Waals surface area contributed by atoms with Crippen molar-refractivity contribution in [2.75, 3.05) is 34.4 Å². The molecule has 0 radical (unpaired) electrons. The van der Waals surface area contributed by atoms with E-state index in [1.807, 2.05) is 0 Å². The maximum Gasteiger partial charge on any atom is 0.333 e. The third-order valence-corrected chi connectivity index (χ3v) is 2.00. The molecule has 0 bridgehead atoms. The molecule has 0 heterocycles. The average molecular weight is 423 g/mol. The Balaban J connectivity index is -0.0000000852. The highest BCUT2D eigenvalue weighted by Gasteiger charge is 1.98. The Hall–Kier alpha value is -2.12. The second-order valence-electron chi connectivity index (χ2n) is 5.76. The van der Waals surface area contributed by atoms with Crippen LogP contribution >= 0.6 is 0 Å². The van der Waals surface area contributed by atoms with Crippen LogP contribution in [0.15, 0.2) is 36.0 Å². The minimum atomic E-state index is -1.09. The highest BCUT2D eigenvalue weighted by atomic mass is 35.5. The Morgan fingerprint density at radius 2 is 1.14 bits per heavy atom. The molecule has 0 fully saturated rings. The number of carboxylic acids is 1. The molecule has 0 aliphatic heterocycles. The van der Waals surface area contributed by atoms with Crippen molar-refractivity contribution in [3.63, 3.8) is 0 Å². The first kappa shape index (κ1) is 36.7. The summed E-state index contributed by atoms with van der Waals surface area (Å²) >= 11 is 0. The molecule has 0 saturated carbocycles. The molecule has 7 nitrogen and oxygen atoms in total. The molecule has 0 aromatic heterocycles. The lowest BCUT2D eigenvalue weighted by Crippen LogP contribution is -3.02. The molecular weight excluding hydrogens is 386 g/mol. The Morgan fingerprint density at radius 1 is 0.893 bits per heavy atom. The van der Waals surface area contributed by atoms with E-state index in [1.165, 1.54) is 17.9 Å². The minimum Gasteiger partial charge on any atom is -1.00 e. The number of hydrogen-bond acceptors (Lipinski definition) is 6. The van der Waals surface area contributed by atoms with Crippen LogP contribution in [0.3, 0.4) is 0 Å². The summed E-state index contributed by atoms with van der Waals surface area (Å²) in [5.74, 6) is -1.72. The summed E-state index contributed by atoms with van der Waals surface area (Å²) in [4.78, 5) is 32.0. The largest absolute Gasteiger partial charge is 1.00 e. The lowest BCUT2D eigenvalue weighted by atomic mass is 10.3.